The molecule has 0 saturated carbocycles. The monoisotopic (exact) mass is 177 g/mol. The fraction of sp³-hybridized carbons (Fsp3) is 1.00. The van der Waals surface area contributed by atoms with Crippen molar-refractivity contribution in [1.29, 1.82) is 0 Å². The van der Waals surface area contributed by atoms with Gasteiger partial charge < -0.3 is 15.1 Å². The third-order valence-electron chi connectivity index (χ3n) is 1.54. The normalized spacial score (nSPS) is 13.8. The topological polar surface area (TPSA) is 61.7 Å². The van der Waals surface area contributed by atoms with Crippen LogP contribution in [-0.4, -0.2) is 29.8 Å². The molecule has 0 aromatic rings. The van der Waals surface area contributed by atoms with Gasteiger partial charge in [-0.25, -0.2) is 5.48 Å². The summed E-state index contributed by atoms with van der Waals surface area (Å²) in [6.45, 7) is 4.92. The van der Waals surface area contributed by atoms with Gasteiger partial charge in [-0.2, -0.15) is 0 Å². The molecule has 0 heterocycles. The molecular formula is C8H19NO3. The zero-order valence-corrected chi connectivity index (χ0v) is 7.79. The molecule has 12 heavy (non-hydrogen) atoms. The highest BCUT2D eigenvalue weighted by Gasteiger charge is 2.07. The fourth-order valence-electron chi connectivity index (χ4n) is 0.703. The Morgan fingerprint density at radius 1 is 1.33 bits per heavy atom. The summed E-state index contributed by atoms with van der Waals surface area (Å²) < 4.78 is 5.10. The average molecular weight is 177 g/mol. The highest BCUT2D eigenvalue weighted by molar-refractivity contribution is 4.47. The van der Waals surface area contributed by atoms with Gasteiger partial charge in [-0.3, -0.25) is 0 Å². The van der Waals surface area contributed by atoms with E-state index in [9.17, 15) is 5.11 Å². The maximum Gasteiger partial charge on any atom is 0.156 e. The molecule has 0 spiro atoms. The van der Waals surface area contributed by atoms with Crippen LogP contribution < -0.4 is 5.48 Å². The van der Waals surface area contributed by atoms with Crippen molar-refractivity contribution in [2.45, 2.75) is 33.0 Å². The molecule has 4 heteroatoms. The summed E-state index contributed by atoms with van der Waals surface area (Å²) >= 11 is 0. The number of hydroxylamine groups is 1. The number of aliphatic hydroxyl groups is 1. The van der Waals surface area contributed by atoms with Gasteiger partial charge >= 0.3 is 0 Å². The quantitative estimate of drug-likeness (QED) is 0.305. The summed E-state index contributed by atoms with van der Waals surface area (Å²) in [5, 5.41) is 17.4. The van der Waals surface area contributed by atoms with E-state index in [1.807, 2.05) is 13.8 Å². The number of hydrogen-bond donors (Lipinski definition) is 3. The van der Waals surface area contributed by atoms with Crippen LogP contribution in [0.2, 0.25) is 0 Å². The molecule has 0 radical (unpaired) electrons. The van der Waals surface area contributed by atoms with E-state index in [0.717, 1.165) is 12.8 Å². The lowest BCUT2D eigenvalue weighted by atomic mass is 10.2. The lowest BCUT2D eigenvalue weighted by molar-refractivity contribution is -0.126. The molecule has 0 bridgehead atoms. The molecule has 0 aliphatic carbocycles. The Labute approximate surface area is 73.5 Å². The molecule has 0 aliphatic heterocycles. The van der Waals surface area contributed by atoms with Crippen LogP contribution >= 0.6 is 0 Å². The summed E-state index contributed by atoms with van der Waals surface area (Å²) in [5.74, 6) is 0.140. The molecule has 0 aromatic carbocycles. The van der Waals surface area contributed by atoms with Crippen LogP contribution in [-0.2, 0) is 4.74 Å². The lowest BCUT2D eigenvalue weighted by Crippen LogP contribution is -2.19. The SMILES string of the molecule is CC(C)C(O)OCCCCNO. The maximum atomic E-state index is 9.20. The van der Waals surface area contributed by atoms with Crippen LogP contribution in [0.3, 0.4) is 0 Å². The van der Waals surface area contributed by atoms with Gasteiger partial charge in [0.05, 0.1) is 0 Å². The second kappa shape index (κ2) is 7.49. The van der Waals surface area contributed by atoms with Gasteiger partial charge in [-0.1, -0.05) is 13.8 Å². The lowest BCUT2D eigenvalue weighted by Gasteiger charge is -2.14. The molecule has 1 atom stereocenters. The summed E-state index contributed by atoms with van der Waals surface area (Å²) in [6.07, 6.45) is 1.03. The molecule has 0 amide bonds. The van der Waals surface area contributed by atoms with Gasteiger partial charge in [0.15, 0.2) is 6.29 Å². The number of ether oxygens (including phenoxy) is 1. The third-order valence-corrected chi connectivity index (χ3v) is 1.54. The zero-order chi connectivity index (χ0) is 9.40. The molecule has 74 valence electrons. The Bertz CT molecular complexity index is 98.3. The molecule has 0 saturated heterocycles. The predicted molar refractivity (Wildman–Crippen MR) is 45.8 cm³/mol. The number of rotatable bonds is 7. The molecule has 0 aromatic heterocycles. The minimum absolute atomic E-state index is 0.140. The molecule has 1 unspecified atom stereocenters. The van der Waals surface area contributed by atoms with E-state index in [1.54, 1.807) is 0 Å². The second-order valence-corrected chi connectivity index (χ2v) is 3.12. The largest absolute Gasteiger partial charge is 0.368 e. The summed E-state index contributed by atoms with van der Waals surface area (Å²) in [6, 6.07) is 0. The van der Waals surface area contributed by atoms with Crippen molar-refractivity contribution in [3.63, 3.8) is 0 Å². The highest BCUT2D eigenvalue weighted by Crippen LogP contribution is 2.03. The average Bonchev–Trinajstić information content (AvgIpc) is 2.03. The van der Waals surface area contributed by atoms with E-state index in [4.69, 9.17) is 9.94 Å². The van der Waals surface area contributed by atoms with Crippen molar-refractivity contribution >= 4 is 0 Å². The van der Waals surface area contributed by atoms with Crippen molar-refractivity contribution in [1.82, 2.24) is 5.48 Å². The minimum atomic E-state index is -0.660. The fourth-order valence-corrected chi connectivity index (χ4v) is 0.703. The molecule has 0 aliphatic rings. The van der Waals surface area contributed by atoms with Gasteiger partial charge in [0.25, 0.3) is 0 Å². The van der Waals surface area contributed by atoms with Crippen LogP contribution in [0.15, 0.2) is 0 Å². The Morgan fingerprint density at radius 3 is 2.50 bits per heavy atom. The van der Waals surface area contributed by atoms with E-state index in [1.165, 1.54) is 0 Å². The van der Waals surface area contributed by atoms with Crippen LogP contribution in [0.5, 0.6) is 0 Å². The summed E-state index contributed by atoms with van der Waals surface area (Å²) in [7, 11) is 0. The Hall–Kier alpha value is -0.160. The zero-order valence-electron chi connectivity index (χ0n) is 7.79. The first-order valence-corrected chi connectivity index (χ1v) is 4.35. The molecular weight excluding hydrogens is 158 g/mol. The van der Waals surface area contributed by atoms with Crippen LogP contribution in [0.1, 0.15) is 26.7 Å². The van der Waals surface area contributed by atoms with E-state index < -0.39 is 6.29 Å². The Balaban J connectivity index is 3.08. The van der Waals surface area contributed by atoms with Gasteiger partial charge in [-0.05, 0) is 12.8 Å². The second-order valence-electron chi connectivity index (χ2n) is 3.12. The molecule has 0 fully saturated rings. The van der Waals surface area contributed by atoms with Gasteiger partial charge in [0.1, 0.15) is 0 Å². The first kappa shape index (κ1) is 11.8. The van der Waals surface area contributed by atoms with Crippen LogP contribution in [0.4, 0.5) is 0 Å². The van der Waals surface area contributed by atoms with Crippen molar-refractivity contribution < 1.29 is 15.1 Å². The van der Waals surface area contributed by atoms with Crippen molar-refractivity contribution in [2.24, 2.45) is 5.92 Å². The Kier molecular flexibility index (Phi) is 7.39. The number of nitrogens with one attached hydrogen (secondary N) is 1. The number of unbranched alkanes of at least 4 members (excludes halogenated alkanes) is 1. The van der Waals surface area contributed by atoms with Crippen molar-refractivity contribution in [3.05, 3.63) is 0 Å². The first-order chi connectivity index (χ1) is 5.68. The predicted octanol–water partition coefficient (Wildman–Crippen LogP) is 0.736. The standard InChI is InChI=1S/C8H19NO3/c1-7(2)8(10)12-6-4-3-5-9-11/h7-11H,3-6H2,1-2H3. The smallest absolute Gasteiger partial charge is 0.156 e. The minimum Gasteiger partial charge on any atom is -0.368 e. The van der Waals surface area contributed by atoms with Gasteiger partial charge in [0, 0.05) is 19.1 Å². The molecule has 4 nitrogen and oxygen atoms in total. The van der Waals surface area contributed by atoms with Crippen LogP contribution in [0.25, 0.3) is 0 Å². The van der Waals surface area contributed by atoms with E-state index in [-0.39, 0.29) is 5.92 Å². The first-order valence-electron chi connectivity index (χ1n) is 4.35. The van der Waals surface area contributed by atoms with Gasteiger partial charge in [0.2, 0.25) is 0 Å². The van der Waals surface area contributed by atoms with Gasteiger partial charge in [-0.15, -0.1) is 0 Å². The molecule has 3 N–H and O–H groups in total. The number of hydrogen-bond acceptors (Lipinski definition) is 4. The number of aliphatic hydroxyl groups excluding tert-OH is 1. The van der Waals surface area contributed by atoms with E-state index in [0.29, 0.717) is 13.2 Å². The Morgan fingerprint density at radius 2 is 2.00 bits per heavy atom. The highest BCUT2D eigenvalue weighted by atomic mass is 16.6. The summed E-state index contributed by atoms with van der Waals surface area (Å²) in [5.41, 5.74) is 2.06. The molecule has 0 rings (SSSR count). The van der Waals surface area contributed by atoms with E-state index in [2.05, 4.69) is 5.48 Å². The maximum absolute atomic E-state index is 9.20. The third kappa shape index (κ3) is 6.54. The summed E-state index contributed by atoms with van der Waals surface area (Å²) in [4.78, 5) is 0. The van der Waals surface area contributed by atoms with Crippen molar-refractivity contribution in [2.75, 3.05) is 13.2 Å². The van der Waals surface area contributed by atoms with Crippen molar-refractivity contribution in [3.8, 4) is 0 Å². The van der Waals surface area contributed by atoms with Crippen LogP contribution in [0, 0.1) is 5.92 Å². The van der Waals surface area contributed by atoms with E-state index >= 15 is 0 Å².